The lowest BCUT2D eigenvalue weighted by Crippen LogP contribution is -2.16. The van der Waals surface area contributed by atoms with Gasteiger partial charge in [0, 0.05) is 12.2 Å². The first-order chi connectivity index (χ1) is 8.68. The van der Waals surface area contributed by atoms with Crippen LogP contribution in [0.3, 0.4) is 0 Å². The predicted octanol–water partition coefficient (Wildman–Crippen LogP) is 1.58. The molecule has 0 bridgehead atoms. The van der Waals surface area contributed by atoms with Gasteiger partial charge >= 0.3 is 0 Å². The Kier molecular flexibility index (Phi) is 3.94. The predicted molar refractivity (Wildman–Crippen MR) is 75.6 cm³/mol. The van der Waals surface area contributed by atoms with Gasteiger partial charge in [0.25, 0.3) is 0 Å². The van der Waals surface area contributed by atoms with Gasteiger partial charge in [0.05, 0.1) is 10.9 Å². The van der Waals surface area contributed by atoms with Crippen LogP contribution in [0.15, 0.2) is 24.5 Å². The van der Waals surface area contributed by atoms with Gasteiger partial charge in [0.1, 0.15) is 12.1 Å². The second-order valence-electron chi connectivity index (χ2n) is 4.55. The van der Waals surface area contributed by atoms with E-state index >= 15 is 0 Å². The first-order valence-corrected chi connectivity index (χ1v) is 6.06. The SMILES string of the molecule is CN(C)CCCNc1ncnc2cccc(N)c12. The molecule has 2 rings (SSSR count). The van der Waals surface area contributed by atoms with E-state index in [1.54, 1.807) is 6.33 Å². The summed E-state index contributed by atoms with van der Waals surface area (Å²) >= 11 is 0. The molecule has 1 aromatic carbocycles. The van der Waals surface area contributed by atoms with Crippen LogP contribution >= 0.6 is 0 Å². The van der Waals surface area contributed by atoms with E-state index in [4.69, 9.17) is 5.73 Å². The van der Waals surface area contributed by atoms with Gasteiger partial charge in [-0.25, -0.2) is 9.97 Å². The van der Waals surface area contributed by atoms with Crippen LogP contribution < -0.4 is 11.1 Å². The summed E-state index contributed by atoms with van der Waals surface area (Å²) < 4.78 is 0. The van der Waals surface area contributed by atoms with Gasteiger partial charge in [0.15, 0.2) is 0 Å². The first-order valence-electron chi connectivity index (χ1n) is 6.06. The lowest BCUT2D eigenvalue weighted by Gasteiger charge is -2.12. The third-order valence-corrected chi connectivity index (χ3v) is 2.77. The number of rotatable bonds is 5. The molecule has 5 heteroatoms. The fourth-order valence-corrected chi connectivity index (χ4v) is 1.87. The van der Waals surface area contributed by atoms with Gasteiger partial charge in [-0.1, -0.05) is 6.07 Å². The molecule has 3 N–H and O–H groups in total. The topological polar surface area (TPSA) is 67.1 Å². The zero-order valence-electron chi connectivity index (χ0n) is 10.8. The lowest BCUT2D eigenvalue weighted by atomic mass is 10.2. The van der Waals surface area contributed by atoms with Crippen molar-refractivity contribution in [2.24, 2.45) is 0 Å². The Hall–Kier alpha value is -1.88. The molecule has 0 aliphatic heterocycles. The molecule has 5 nitrogen and oxygen atoms in total. The highest BCUT2D eigenvalue weighted by molar-refractivity contribution is 5.98. The standard InChI is InChI=1S/C13H19N5/c1-18(2)8-4-7-15-13-12-10(14)5-3-6-11(12)16-9-17-13/h3,5-6,9H,4,7-8,14H2,1-2H3,(H,15,16,17). The summed E-state index contributed by atoms with van der Waals surface area (Å²) in [6.45, 7) is 1.92. The molecule has 0 radical (unpaired) electrons. The van der Waals surface area contributed by atoms with Crippen LogP contribution in [0.25, 0.3) is 10.9 Å². The molecular formula is C13H19N5. The Labute approximate surface area is 107 Å². The molecule has 0 aliphatic carbocycles. The van der Waals surface area contributed by atoms with Gasteiger partial charge in [-0.2, -0.15) is 0 Å². The molecule has 0 aliphatic rings. The second-order valence-corrected chi connectivity index (χ2v) is 4.55. The maximum atomic E-state index is 5.98. The Balaban J connectivity index is 2.13. The Morgan fingerprint density at radius 1 is 1.28 bits per heavy atom. The van der Waals surface area contributed by atoms with Crippen LogP contribution in [0.5, 0.6) is 0 Å². The Morgan fingerprint density at radius 3 is 2.89 bits per heavy atom. The number of fused-ring (bicyclic) bond motifs is 1. The van der Waals surface area contributed by atoms with Crippen LogP contribution in [0.4, 0.5) is 11.5 Å². The maximum absolute atomic E-state index is 5.98. The van der Waals surface area contributed by atoms with Crippen LogP contribution in [0.1, 0.15) is 6.42 Å². The number of nitrogen functional groups attached to an aromatic ring is 1. The van der Waals surface area contributed by atoms with Gasteiger partial charge in [-0.05, 0) is 39.2 Å². The van der Waals surface area contributed by atoms with Crippen LogP contribution in [0.2, 0.25) is 0 Å². The van der Waals surface area contributed by atoms with Crippen molar-refractivity contribution in [3.05, 3.63) is 24.5 Å². The molecular weight excluding hydrogens is 226 g/mol. The minimum Gasteiger partial charge on any atom is -0.398 e. The summed E-state index contributed by atoms with van der Waals surface area (Å²) in [7, 11) is 4.14. The highest BCUT2D eigenvalue weighted by atomic mass is 15.1. The van der Waals surface area contributed by atoms with Gasteiger partial charge < -0.3 is 16.0 Å². The maximum Gasteiger partial charge on any atom is 0.139 e. The van der Waals surface area contributed by atoms with Crippen molar-refractivity contribution in [2.45, 2.75) is 6.42 Å². The molecule has 96 valence electrons. The van der Waals surface area contributed by atoms with E-state index < -0.39 is 0 Å². The van der Waals surface area contributed by atoms with E-state index in [2.05, 4.69) is 34.3 Å². The zero-order chi connectivity index (χ0) is 13.0. The molecule has 0 fully saturated rings. The quantitative estimate of drug-likeness (QED) is 0.618. The number of anilines is 2. The second kappa shape index (κ2) is 5.64. The zero-order valence-corrected chi connectivity index (χ0v) is 10.8. The van der Waals surface area contributed by atoms with Crippen molar-refractivity contribution >= 4 is 22.4 Å². The van der Waals surface area contributed by atoms with E-state index in [1.165, 1.54) is 0 Å². The van der Waals surface area contributed by atoms with Crippen molar-refractivity contribution in [3.63, 3.8) is 0 Å². The number of aromatic nitrogens is 2. The van der Waals surface area contributed by atoms with Crippen LogP contribution in [-0.4, -0.2) is 42.1 Å². The van der Waals surface area contributed by atoms with Crippen molar-refractivity contribution in [3.8, 4) is 0 Å². The average molecular weight is 245 g/mol. The largest absolute Gasteiger partial charge is 0.398 e. The minimum atomic E-state index is 0.711. The minimum absolute atomic E-state index is 0.711. The number of nitrogens with two attached hydrogens (primary N) is 1. The molecule has 18 heavy (non-hydrogen) atoms. The van der Waals surface area contributed by atoms with Crippen molar-refractivity contribution < 1.29 is 0 Å². The lowest BCUT2D eigenvalue weighted by molar-refractivity contribution is 0.405. The average Bonchev–Trinajstić information content (AvgIpc) is 2.34. The van der Waals surface area contributed by atoms with Crippen molar-refractivity contribution in [1.29, 1.82) is 0 Å². The molecule has 0 amide bonds. The molecule has 0 atom stereocenters. The molecule has 0 unspecified atom stereocenters. The molecule has 1 aromatic heterocycles. The molecule has 0 saturated heterocycles. The van der Waals surface area contributed by atoms with E-state index in [9.17, 15) is 0 Å². The molecule has 1 heterocycles. The first kappa shape index (κ1) is 12.6. The van der Waals surface area contributed by atoms with E-state index in [0.717, 1.165) is 36.2 Å². The van der Waals surface area contributed by atoms with Gasteiger partial charge in [-0.3, -0.25) is 0 Å². The molecule has 0 saturated carbocycles. The number of benzene rings is 1. The van der Waals surface area contributed by atoms with Gasteiger partial charge in [-0.15, -0.1) is 0 Å². The Morgan fingerprint density at radius 2 is 2.11 bits per heavy atom. The number of hydrogen-bond acceptors (Lipinski definition) is 5. The smallest absolute Gasteiger partial charge is 0.139 e. The summed E-state index contributed by atoms with van der Waals surface area (Å²) in [6, 6.07) is 5.72. The van der Waals surface area contributed by atoms with Crippen molar-refractivity contribution in [1.82, 2.24) is 14.9 Å². The summed E-state index contributed by atoms with van der Waals surface area (Å²) in [6.07, 6.45) is 2.63. The number of nitrogens with one attached hydrogen (secondary N) is 1. The van der Waals surface area contributed by atoms with Gasteiger partial charge in [0.2, 0.25) is 0 Å². The normalized spacial score (nSPS) is 11.1. The number of nitrogens with zero attached hydrogens (tertiary/aromatic N) is 3. The summed E-state index contributed by atoms with van der Waals surface area (Å²) in [4.78, 5) is 10.6. The highest BCUT2D eigenvalue weighted by Crippen LogP contribution is 2.24. The highest BCUT2D eigenvalue weighted by Gasteiger charge is 2.05. The van der Waals surface area contributed by atoms with Crippen LogP contribution in [-0.2, 0) is 0 Å². The molecule has 0 spiro atoms. The van der Waals surface area contributed by atoms with E-state index in [0.29, 0.717) is 5.69 Å². The summed E-state index contributed by atoms with van der Waals surface area (Å²) in [5, 5.41) is 4.23. The number of hydrogen-bond donors (Lipinski definition) is 2. The van der Waals surface area contributed by atoms with Crippen LogP contribution in [0, 0.1) is 0 Å². The fraction of sp³-hybridized carbons (Fsp3) is 0.385. The monoisotopic (exact) mass is 245 g/mol. The third kappa shape index (κ3) is 2.87. The molecule has 2 aromatic rings. The van der Waals surface area contributed by atoms with E-state index in [-0.39, 0.29) is 0 Å². The Bertz CT molecular complexity index is 519. The summed E-state index contributed by atoms with van der Waals surface area (Å²) in [5.74, 6) is 0.817. The third-order valence-electron chi connectivity index (χ3n) is 2.77. The van der Waals surface area contributed by atoms with E-state index in [1.807, 2.05) is 18.2 Å². The summed E-state index contributed by atoms with van der Waals surface area (Å²) in [5.41, 5.74) is 7.57. The fourth-order valence-electron chi connectivity index (χ4n) is 1.87. The van der Waals surface area contributed by atoms with Crippen molar-refractivity contribution in [2.75, 3.05) is 38.2 Å².